The van der Waals surface area contributed by atoms with Crippen LogP contribution in [-0.2, 0) is 11.8 Å². The lowest BCUT2D eigenvalue weighted by molar-refractivity contribution is -0.129. The molecule has 1 aromatic carbocycles. The lowest BCUT2D eigenvalue weighted by atomic mass is 10.3. The molecule has 1 aromatic heterocycles. The van der Waals surface area contributed by atoms with E-state index in [-0.39, 0.29) is 17.2 Å². The highest BCUT2D eigenvalue weighted by Gasteiger charge is 2.20. The van der Waals surface area contributed by atoms with Gasteiger partial charge in [-0.05, 0) is 19.2 Å². The molecule has 1 aliphatic heterocycles. The molecule has 23 heavy (non-hydrogen) atoms. The summed E-state index contributed by atoms with van der Waals surface area (Å²) in [6, 6.07) is 7.52. The number of piperazine rings is 1. The molecule has 0 radical (unpaired) electrons. The largest absolute Gasteiger partial charge is 0.339 e. The van der Waals surface area contributed by atoms with Crippen molar-refractivity contribution in [2.75, 3.05) is 39.0 Å². The van der Waals surface area contributed by atoms with Crippen molar-refractivity contribution in [3.63, 3.8) is 0 Å². The van der Waals surface area contributed by atoms with Crippen LogP contribution in [0.2, 0.25) is 0 Å². The minimum absolute atomic E-state index is 0.0695. The van der Waals surface area contributed by atoms with Crippen molar-refractivity contribution < 1.29 is 4.79 Å². The van der Waals surface area contributed by atoms with Gasteiger partial charge in [-0.25, -0.2) is 4.98 Å². The minimum atomic E-state index is -0.153. The van der Waals surface area contributed by atoms with Gasteiger partial charge >= 0.3 is 0 Å². The number of carbonyl (C=O) groups excluding carboxylic acids is 1. The maximum Gasteiger partial charge on any atom is 0.283 e. The van der Waals surface area contributed by atoms with Crippen LogP contribution < -0.4 is 5.56 Å². The molecule has 0 saturated carbocycles. The average molecular weight is 332 g/mol. The van der Waals surface area contributed by atoms with E-state index in [0.29, 0.717) is 5.03 Å². The molecule has 1 amide bonds. The molecule has 0 aliphatic carbocycles. The van der Waals surface area contributed by atoms with E-state index in [0.717, 1.165) is 37.2 Å². The van der Waals surface area contributed by atoms with Crippen molar-refractivity contribution >= 4 is 28.7 Å². The predicted octanol–water partition coefficient (Wildman–Crippen LogP) is 0.800. The van der Waals surface area contributed by atoms with Gasteiger partial charge in [0.1, 0.15) is 0 Å². The monoisotopic (exact) mass is 332 g/mol. The van der Waals surface area contributed by atoms with Crippen molar-refractivity contribution in [3.8, 4) is 0 Å². The lowest BCUT2D eigenvalue weighted by Gasteiger charge is -2.32. The van der Waals surface area contributed by atoms with Crippen molar-refractivity contribution in [3.05, 3.63) is 34.6 Å². The molecule has 1 fully saturated rings. The summed E-state index contributed by atoms with van der Waals surface area (Å²) in [4.78, 5) is 33.1. The molecule has 0 bridgehead atoms. The van der Waals surface area contributed by atoms with E-state index in [4.69, 9.17) is 0 Å². The highest BCUT2D eigenvalue weighted by molar-refractivity contribution is 7.99. The third-order valence-electron chi connectivity index (χ3n) is 4.14. The Kier molecular flexibility index (Phi) is 4.68. The topological polar surface area (TPSA) is 58.4 Å². The Hall–Kier alpha value is -1.86. The lowest BCUT2D eigenvalue weighted by Crippen LogP contribution is -2.47. The molecule has 0 atom stereocenters. The molecule has 3 rings (SSSR count). The van der Waals surface area contributed by atoms with Crippen molar-refractivity contribution in [2.45, 2.75) is 5.03 Å². The molecule has 0 spiro atoms. The molecule has 7 heteroatoms. The Morgan fingerprint density at radius 3 is 2.61 bits per heavy atom. The summed E-state index contributed by atoms with van der Waals surface area (Å²) < 4.78 is 1.59. The third-order valence-corrected chi connectivity index (χ3v) is 5.07. The van der Waals surface area contributed by atoms with E-state index < -0.39 is 0 Å². The van der Waals surface area contributed by atoms with Crippen molar-refractivity contribution in [1.82, 2.24) is 19.4 Å². The predicted molar refractivity (Wildman–Crippen MR) is 91.8 cm³/mol. The molecule has 2 aromatic rings. The first-order valence-electron chi connectivity index (χ1n) is 7.61. The van der Waals surface area contributed by atoms with Crippen LogP contribution in [0.25, 0.3) is 11.0 Å². The van der Waals surface area contributed by atoms with Crippen LogP contribution in [0.5, 0.6) is 0 Å². The second-order valence-corrected chi connectivity index (χ2v) is 6.71. The summed E-state index contributed by atoms with van der Waals surface area (Å²) in [6.45, 7) is 3.29. The van der Waals surface area contributed by atoms with Crippen LogP contribution in [0.1, 0.15) is 0 Å². The van der Waals surface area contributed by atoms with Gasteiger partial charge in [0.25, 0.3) is 5.56 Å². The van der Waals surface area contributed by atoms with Gasteiger partial charge in [-0.3, -0.25) is 9.59 Å². The summed E-state index contributed by atoms with van der Waals surface area (Å²) in [5, 5.41) is 0.383. The fraction of sp³-hybridized carbons (Fsp3) is 0.438. The first-order chi connectivity index (χ1) is 11.1. The van der Waals surface area contributed by atoms with Gasteiger partial charge in [0.05, 0.1) is 16.8 Å². The van der Waals surface area contributed by atoms with Crippen LogP contribution in [0.3, 0.4) is 0 Å². The van der Waals surface area contributed by atoms with E-state index in [1.54, 1.807) is 11.6 Å². The first-order valence-corrected chi connectivity index (χ1v) is 8.59. The number of likely N-dealkylation sites (N-methyl/N-ethyl adjacent to an activating group) is 1. The molecular weight excluding hydrogens is 312 g/mol. The number of benzene rings is 1. The van der Waals surface area contributed by atoms with Crippen LogP contribution in [0.15, 0.2) is 34.1 Å². The highest BCUT2D eigenvalue weighted by atomic mass is 32.2. The van der Waals surface area contributed by atoms with E-state index in [2.05, 4.69) is 16.9 Å². The summed E-state index contributed by atoms with van der Waals surface area (Å²) in [7, 11) is 3.79. The van der Waals surface area contributed by atoms with E-state index in [9.17, 15) is 9.59 Å². The fourth-order valence-corrected chi connectivity index (χ4v) is 3.49. The van der Waals surface area contributed by atoms with Gasteiger partial charge in [-0.2, -0.15) is 0 Å². The Morgan fingerprint density at radius 1 is 1.17 bits per heavy atom. The maximum absolute atomic E-state index is 12.4. The fourth-order valence-electron chi connectivity index (χ4n) is 2.62. The number of para-hydroxylation sites is 2. The molecule has 2 heterocycles. The van der Waals surface area contributed by atoms with Crippen LogP contribution >= 0.6 is 11.8 Å². The molecule has 1 saturated heterocycles. The standard InChI is InChI=1S/C16H20N4O2S/c1-18-7-9-20(10-8-18)14(21)11-23-15-16(22)19(2)13-6-4-3-5-12(13)17-15/h3-6H,7-11H2,1-2H3. The maximum atomic E-state index is 12.4. The van der Waals surface area contributed by atoms with Crippen LogP contribution in [-0.4, -0.2) is 64.2 Å². The van der Waals surface area contributed by atoms with Crippen molar-refractivity contribution in [1.29, 1.82) is 0 Å². The number of amides is 1. The molecule has 122 valence electrons. The quantitative estimate of drug-likeness (QED) is 0.778. The number of fused-ring (bicyclic) bond motifs is 1. The van der Waals surface area contributed by atoms with Crippen molar-refractivity contribution in [2.24, 2.45) is 7.05 Å². The number of carbonyl (C=O) groups is 1. The summed E-state index contributed by atoms with van der Waals surface area (Å²) in [5.41, 5.74) is 1.41. The van der Waals surface area contributed by atoms with E-state index >= 15 is 0 Å². The van der Waals surface area contributed by atoms with Gasteiger partial charge in [0, 0.05) is 33.2 Å². The van der Waals surface area contributed by atoms with Gasteiger partial charge in [0.2, 0.25) is 5.91 Å². The van der Waals surface area contributed by atoms with Gasteiger partial charge in [-0.15, -0.1) is 0 Å². The number of hydrogen-bond acceptors (Lipinski definition) is 5. The average Bonchev–Trinajstić information content (AvgIpc) is 2.57. The molecule has 1 aliphatic rings. The minimum Gasteiger partial charge on any atom is -0.339 e. The Balaban J connectivity index is 1.73. The van der Waals surface area contributed by atoms with Crippen LogP contribution in [0, 0.1) is 0 Å². The zero-order valence-corrected chi connectivity index (χ0v) is 14.2. The SMILES string of the molecule is CN1CCN(C(=O)CSc2nc3ccccc3n(C)c2=O)CC1. The molecule has 0 unspecified atom stereocenters. The number of nitrogens with zero attached hydrogens (tertiary/aromatic N) is 4. The van der Waals surface area contributed by atoms with Gasteiger partial charge in [0.15, 0.2) is 5.03 Å². The molecule has 6 nitrogen and oxygen atoms in total. The number of aromatic nitrogens is 2. The number of thioether (sulfide) groups is 1. The van der Waals surface area contributed by atoms with E-state index in [1.807, 2.05) is 29.2 Å². The Bertz CT molecular complexity index is 781. The molecular formula is C16H20N4O2S. The second kappa shape index (κ2) is 6.72. The second-order valence-electron chi connectivity index (χ2n) is 5.74. The zero-order chi connectivity index (χ0) is 16.4. The Labute approximate surface area is 139 Å². The number of rotatable bonds is 3. The Morgan fingerprint density at radius 2 is 1.87 bits per heavy atom. The third kappa shape index (κ3) is 3.40. The van der Waals surface area contributed by atoms with Gasteiger partial charge in [-0.1, -0.05) is 23.9 Å². The zero-order valence-electron chi connectivity index (χ0n) is 13.4. The van der Waals surface area contributed by atoms with E-state index in [1.165, 1.54) is 11.8 Å². The van der Waals surface area contributed by atoms with Gasteiger partial charge < -0.3 is 14.4 Å². The smallest absolute Gasteiger partial charge is 0.283 e. The first kappa shape index (κ1) is 16.0. The summed E-state index contributed by atoms with van der Waals surface area (Å²) >= 11 is 1.23. The number of hydrogen-bond donors (Lipinski definition) is 0. The summed E-state index contributed by atoms with van der Waals surface area (Å²) in [6.07, 6.45) is 0. The number of aryl methyl sites for hydroxylation is 1. The normalized spacial score (nSPS) is 16.0. The summed E-state index contributed by atoms with van der Waals surface area (Å²) in [5.74, 6) is 0.324. The molecule has 0 N–H and O–H groups in total. The van der Waals surface area contributed by atoms with Crippen LogP contribution in [0.4, 0.5) is 0 Å². The highest BCUT2D eigenvalue weighted by Crippen LogP contribution is 2.16.